The summed E-state index contributed by atoms with van der Waals surface area (Å²) < 4.78 is 8.19. The van der Waals surface area contributed by atoms with E-state index in [2.05, 4.69) is 83.2 Å². The Morgan fingerprint density at radius 2 is 1.81 bits per heavy atom. The van der Waals surface area contributed by atoms with Crippen LogP contribution in [0.3, 0.4) is 0 Å². The molecule has 26 heavy (non-hydrogen) atoms. The van der Waals surface area contributed by atoms with E-state index in [1.165, 1.54) is 16.3 Å². The molecule has 0 bridgehead atoms. The van der Waals surface area contributed by atoms with Crippen molar-refractivity contribution in [2.24, 2.45) is 0 Å². The maximum absolute atomic E-state index is 6.05. The molecular weight excluding hydrogens is 320 g/mol. The molecule has 3 nitrogen and oxygen atoms in total. The van der Waals surface area contributed by atoms with Gasteiger partial charge >= 0.3 is 0 Å². The van der Waals surface area contributed by atoms with Crippen molar-refractivity contribution in [1.29, 1.82) is 0 Å². The second-order valence-electron chi connectivity index (χ2n) is 6.62. The summed E-state index contributed by atoms with van der Waals surface area (Å²) in [4.78, 5) is 4.66. The first-order valence-electron chi connectivity index (χ1n) is 8.76. The lowest BCUT2D eigenvalue weighted by Crippen LogP contribution is -2.07. The number of benzene rings is 3. The molecule has 5 rings (SSSR count). The van der Waals surface area contributed by atoms with Crippen molar-refractivity contribution in [2.75, 3.05) is 6.61 Å². The lowest BCUT2D eigenvalue weighted by atomic mass is 10.0. The fourth-order valence-electron chi connectivity index (χ4n) is 3.61. The first kappa shape index (κ1) is 15.0. The van der Waals surface area contributed by atoms with Crippen molar-refractivity contribution in [3.05, 3.63) is 84.2 Å². The highest BCUT2D eigenvalue weighted by molar-refractivity contribution is 5.91. The van der Waals surface area contributed by atoms with E-state index in [0.717, 1.165) is 28.4 Å². The summed E-state index contributed by atoms with van der Waals surface area (Å²) in [5.74, 6) is 1.80. The van der Waals surface area contributed by atoms with Gasteiger partial charge in [0, 0.05) is 23.3 Å². The van der Waals surface area contributed by atoms with Gasteiger partial charge in [0.15, 0.2) is 0 Å². The van der Waals surface area contributed by atoms with Gasteiger partial charge in [-0.1, -0.05) is 48.5 Å². The number of fused-ring (bicyclic) bond motifs is 2. The third-order valence-corrected chi connectivity index (χ3v) is 4.80. The molecule has 3 heteroatoms. The Kier molecular flexibility index (Phi) is 3.39. The maximum Gasteiger partial charge on any atom is 0.148 e. The van der Waals surface area contributed by atoms with Gasteiger partial charge in [0.25, 0.3) is 0 Å². The van der Waals surface area contributed by atoms with Crippen LogP contribution >= 0.6 is 0 Å². The van der Waals surface area contributed by atoms with Crippen LogP contribution in [-0.4, -0.2) is 16.2 Å². The Bertz CT molecular complexity index is 1150. The Hall–Kier alpha value is -3.33. The summed E-state index contributed by atoms with van der Waals surface area (Å²) in [6, 6.07) is 21.0. The lowest BCUT2D eigenvalue weighted by molar-refractivity contribution is 0.348. The summed E-state index contributed by atoms with van der Waals surface area (Å²) in [7, 11) is 0. The van der Waals surface area contributed by atoms with E-state index in [1.807, 2.05) is 12.4 Å². The molecule has 0 radical (unpaired) electrons. The molecule has 4 aromatic rings. The number of imidazole rings is 1. The number of rotatable bonds is 2. The van der Waals surface area contributed by atoms with Crippen molar-refractivity contribution in [3.8, 4) is 22.8 Å². The van der Waals surface area contributed by atoms with Crippen LogP contribution in [-0.2, 0) is 0 Å². The summed E-state index contributed by atoms with van der Waals surface area (Å²) in [5, 5.41) is 2.42. The van der Waals surface area contributed by atoms with Gasteiger partial charge < -0.3 is 4.74 Å². The number of para-hydroxylation sites is 1. The van der Waals surface area contributed by atoms with Crippen molar-refractivity contribution < 1.29 is 4.74 Å². The zero-order valence-corrected chi connectivity index (χ0v) is 14.5. The molecule has 2 heterocycles. The standard InChI is InChI=1S/C23H18N2O/c1-16-14-18-8-4-10-20(22(18)26-15-16)23-24-12-13-25(23)21-11-5-7-17-6-2-3-9-19(17)21/h2-14H,15H2,1H3. The molecule has 0 spiro atoms. The lowest BCUT2D eigenvalue weighted by Gasteiger charge is -2.20. The minimum absolute atomic E-state index is 0.624. The van der Waals surface area contributed by atoms with Crippen molar-refractivity contribution in [2.45, 2.75) is 6.92 Å². The fraction of sp³-hybridized carbons (Fsp3) is 0.0870. The largest absolute Gasteiger partial charge is 0.488 e. The van der Waals surface area contributed by atoms with Gasteiger partial charge in [0.1, 0.15) is 18.2 Å². The van der Waals surface area contributed by atoms with E-state index < -0.39 is 0 Å². The number of nitrogens with zero attached hydrogens (tertiary/aromatic N) is 2. The smallest absolute Gasteiger partial charge is 0.148 e. The number of hydrogen-bond donors (Lipinski definition) is 0. The van der Waals surface area contributed by atoms with Gasteiger partial charge in [0.05, 0.1) is 11.3 Å². The van der Waals surface area contributed by atoms with Crippen LogP contribution in [0.2, 0.25) is 0 Å². The molecule has 126 valence electrons. The molecular formula is C23H18N2O. The first-order chi connectivity index (χ1) is 12.8. The molecule has 0 atom stereocenters. The number of hydrogen-bond acceptors (Lipinski definition) is 2. The number of aromatic nitrogens is 2. The SMILES string of the molecule is CC1=Cc2cccc(-c3nccn3-c3cccc4ccccc34)c2OC1. The van der Waals surface area contributed by atoms with Gasteiger partial charge in [-0.25, -0.2) is 4.98 Å². The van der Waals surface area contributed by atoms with Crippen molar-refractivity contribution in [1.82, 2.24) is 9.55 Å². The predicted molar refractivity (Wildman–Crippen MR) is 106 cm³/mol. The van der Waals surface area contributed by atoms with Crippen LogP contribution in [0.15, 0.2) is 78.6 Å². The fourth-order valence-corrected chi connectivity index (χ4v) is 3.61. The van der Waals surface area contributed by atoms with Crippen LogP contribution in [0, 0.1) is 0 Å². The Labute approximate surface area is 152 Å². The van der Waals surface area contributed by atoms with Gasteiger partial charge in [0.2, 0.25) is 0 Å². The third-order valence-electron chi connectivity index (χ3n) is 4.80. The molecule has 0 fully saturated rings. The topological polar surface area (TPSA) is 27.1 Å². The highest BCUT2D eigenvalue weighted by atomic mass is 16.5. The molecule has 1 aromatic heterocycles. The van der Waals surface area contributed by atoms with Crippen molar-refractivity contribution >= 4 is 16.8 Å². The predicted octanol–water partition coefficient (Wildman–Crippen LogP) is 5.49. The zero-order valence-electron chi connectivity index (χ0n) is 14.5. The minimum atomic E-state index is 0.624. The van der Waals surface area contributed by atoms with E-state index in [9.17, 15) is 0 Å². The monoisotopic (exact) mass is 338 g/mol. The van der Waals surface area contributed by atoms with Gasteiger partial charge in [-0.15, -0.1) is 0 Å². The molecule has 0 amide bonds. The van der Waals surface area contributed by atoms with E-state index in [1.54, 1.807) is 0 Å². The van der Waals surface area contributed by atoms with Crippen LogP contribution in [0.4, 0.5) is 0 Å². The molecule has 0 aliphatic carbocycles. The average Bonchev–Trinajstić information content (AvgIpc) is 3.16. The Balaban J connectivity index is 1.74. The molecule has 0 N–H and O–H groups in total. The van der Waals surface area contributed by atoms with Gasteiger partial charge in [-0.05, 0) is 36.1 Å². The van der Waals surface area contributed by atoms with Crippen LogP contribution in [0.25, 0.3) is 33.9 Å². The summed E-state index contributed by atoms with van der Waals surface area (Å²) in [5.41, 5.74) is 4.48. The second kappa shape index (κ2) is 5.88. The quantitative estimate of drug-likeness (QED) is 0.483. The van der Waals surface area contributed by atoms with Gasteiger partial charge in [-0.2, -0.15) is 0 Å². The first-order valence-corrected chi connectivity index (χ1v) is 8.76. The van der Waals surface area contributed by atoms with Gasteiger partial charge in [-0.3, -0.25) is 4.57 Å². The summed E-state index contributed by atoms with van der Waals surface area (Å²) in [6.45, 7) is 2.71. The molecule has 1 aliphatic heterocycles. The highest BCUT2D eigenvalue weighted by Gasteiger charge is 2.19. The molecule has 0 saturated heterocycles. The Morgan fingerprint density at radius 1 is 0.962 bits per heavy atom. The normalized spacial score (nSPS) is 13.2. The van der Waals surface area contributed by atoms with Crippen molar-refractivity contribution in [3.63, 3.8) is 0 Å². The van der Waals surface area contributed by atoms with E-state index in [4.69, 9.17) is 4.74 Å². The summed E-state index contributed by atoms with van der Waals surface area (Å²) in [6.07, 6.45) is 6.05. The van der Waals surface area contributed by atoms with E-state index >= 15 is 0 Å². The Morgan fingerprint density at radius 3 is 2.77 bits per heavy atom. The van der Waals surface area contributed by atoms with Crippen LogP contribution in [0.1, 0.15) is 12.5 Å². The third kappa shape index (κ3) is 2.32. The molecule has 1 aliphatic rings. The van der Waals surface area contributed by atoms with E-state index in [0.29, 0.717) is 6.61 Å². The molecule has 3 aromatic carbocycles. The van der Waals surface area contributed by atoms with E-state index in [-0.39, 0.29) is 0 Å². The van der Waals surface area contributed by atoms with Crippen LogP contribution in [0.5, 0.6) is 5.75 Å². The summed E-state index contributed by atoms with van der Waals surface area (Å²) >= 11 is 0. The number of ether oxygens (including phenoxy) is 1. The maximum atomic E-state index is 6.05. The van der Waals surface area contributed by atoms with Crippen LogP contribution < -0.4 is 4.74 Å². The average molecular weight is 338 g/mol. The zero-order chi connectivity index (χ0) is 17.5. The minimum Gasteiger partial charge on any atom is -0.488 e. The molecule has 0 unspecified atom stereocenters. The highest BCUT2D eigenvalue weighted by Crippen LogP contribution is 2.37. The second-order valence-corrected chi connectivity index (χ2v) is 6.62. The molecule has 0 saturated carbocycles.